The van der Waals surface area contributed by atoms with Gasteiger partial charge >= 0.3 is 0 Å². The Labute approximate surface area is 53.5 Å². The van der Waals surface area contributed by atoms with Crippen molar-refractivity contribution in [2.45, 2.75) is 0 Å². The quantitative estimate of drug-likeness (QED) is 0.574. The molecule has 0 bridgehead atoms. The summed E-state index contributed by atoms with van der Waals surface area (Å²) in [5.41, 5.74) is 0.646. The summed E-state index contributed by atoms with van der Waals surface area (Å²) < 4.78 is 0. The summed E-state index contributed by atoms with van der Waals surface area (Å²) in [6, 6.07) is 10.6. The lowest BCUT2D eigenvalue weighted by atomic mass is 10.3. The highest BCUT2D eigenvalue weighted by Crippen LogP contribution is 2.00. The topological polar surface area (TPSA) is 29.1 Å². The van der Waals surface area contributed by atoms with Crippen molar-refractivity contribution in [3.05, 3.63) is 30.3 Å². The van der Waals surface area contributed by atoms with Crippen molar-refractivity contribution in [2.75, 3.05) is 5.32 Å². The molecule has 2 heteroatoms. The first-order chi connectivity index (χ1) is 4.43. The lowest BCUT2D eigenvalue weighted by Gasteiger charge is -1.91. The van der Waals surface area contributed by atoms with Crippen LogP contribution in [0.4, 0.5) is 5.69 Å². The molecule has 0 unspecified atom stereocenters. The Morgan fingerprint density at radius 2 is 2.44 bits per heavy atom. The van der Waals surface area contributed by atoms with E-state index in [0.717, 1.165) is 0 Å². The SMILES string of the molecule is O=CNc1[c]cc[c]c1. The van der Waals surface area contributed by atoms with E-state index in [0.29, 0.717) is 12.1 Å². The fourth-order valence-corrected chi connectivity index (χ4v) is 0.499. The molecule has 0 aliphatic heterocycles. The van der Waals surface area contributed by atoms with E-state index in [1.165, 1.54) is 0 Å². The number of benzene rings is 1. The van der Waals surface area contributed by atoms with E-state index in [4.69, 9.17) is 0 Å². The Morgan fingerprint density at radius 3 is 3.00 bits per heavy atom. The zero-order chi connectivity index (χ0) is 6.53. The molecule has 0 saturated heterocycles. The van der Waals surface area contributed by atoms with Crippen LogP contribution in [0.3, 0.4) is 0 Å². The predicted octanol–water partition coefficient (Wildman–Crippen LogP) is 0.855. The first-order valence-electron chi connectivity index (χ1n) is 2.51. The van der Waals surface area contributed by atoms with E-state index in [9.17, 15) is 4.79 Å². The second-order valence-corrected chi connectivity index (χ2v) is 1.46. The third-order valence-electron chi connectivity index (χ3n) is 0.860. The van der Waals surface area contributed by atoms with Crippen LogP contribution in [0.5, 0.6) is 0 Å². The maximum Gasteiger partial charge on any atom is 0.211 e. The van der Waals surface area contributed by atoms with E-state index < -0.39 is 0 Å². The average Bonchev–Trinajstić information content (AvgIpc) is 1.91. The Hall–Kier alpha value is -1.31. The molecule has 0 aromatic heterocycles. The van der Waals surface area contributed by atoms with Gasteiger partial charge in [-0.3, -0.25) is 4.79 Å². The summed E-state index contributed by atoms with van der Waals surface area (Å²) in [5.74, 6) is 0. The monoisotopic (exact) mass is 119 g/mol. The number of carbonyl (C=O) groups is 1. The fourth-order valence-electron chi connectivity index (χ4n) is 0.499. The molecule has 44 valence electrons. The van der Waals surface area contributed by atoms with Crippen LogP contribution in [0.25, 0.3) is 0 Å². The lowest BCUT2D eigenvalue weighted by molar-refractivity contribution is -0.105. The molecule has 1 aromatic rings. The second kappa shape index (κ2) is 2.87. The largest absolute Gasteiger partial charge is 0.328 e. The molecule has 0 saturated carbocycles. The highest BCUT2D eigenvalue weighted by molar-refractivity contribution is 5.70. The molecule has 2 nitrogen and oxygen atoms in total. The number of amides is 1. The van der Waals surface area contributed by atoms with Gasteiger partial charge in [0.05, 0.1) is 0 Å². The Morgan fingerprint density at radius 1 is 1.56 bits per heavy atom. The Bertz CT molecular complexity index is 183. The minimum absolute atomic E-state index is 0.611. The highest BCUT2D eigenvalue weighted by atomic mass is 16.1. The summed E-state index contributed by atoms with van der Waals surface area (Å²) in [7, 11) is 0. The minimum atomic E-state index is 0.611. The Kier molecular flexibility index (Phi) is 1.85. The van der Waals surface area contributed by atoms with Crippen LogP contribution < -0.4 is 5.32 Å². The molecule has 1 amide bonds. The van der Waals surface area contributed by atoms with E-state index in [2.05, 4.69) is 17.4 Å². The first kappa shape index (κ1) is 5.82. The van der Waals surface area contributed by atoms with Crippen LogP contribution in [0, 0.1) is 12.1 Å². The van der Waals surface area contributed by atoms with Gasteiger partial charge in [0.2, 0.25) is 6.41 Å². The molecule has 1 N–H and O–H groups in total. The van der Waals surface area contributed by atoms with E-state index in [1.54, 1.807) is 18.2 Å². The second-order valence-electron chi connectivity index (χ2n) is 1.46. The summed E-state index contributed by atoms with van der Waals surface area (Å²) in [6.07, 6.45) is 0.611. The van der Waals surface area contributed by atoms with Gasteiger partial charge in [0.1, 0.15) is 0 Å². The molecule has 0 aliphatic carbocycles. The van der Waals surface area contributed by atoms with Crippen molar-refractivity contribution >= 4 is 12.1 Å². The van der Waals surface area contributed by atoms with Crippen LogP contribution in [-0.4, -0.2) is 6.41 Å². The molecular formula is C7H5NO. The van der Waals surface area contributed by atoms with Crippen molar-refractivity contribution in [1.82, 2.24) is 0 Å². The third kappa shape index (κ3) is 1.57. The van der Waals surface area contributed by atoms with Gasteiger partial charge in [-0.25, -0.2) is 0 Å². The molecule has 1 aromatic carbocycles. The molecule has 0 aliphatic rings. The average molecular weight is 119 g/mol. The normalized spacial score (nSPS) is 8.44. The van der Waals surface area contributed by atoms with Gasteiger partial charge in [-0.15, -0.1) is 0 Å². The zero-order valence-corrected chi connectivity index (χ0v) is 4.72. The van der Waals surface area contributed by atoms with Crippen LogP contribution >= 0.6 is 0 Å². The minimum Gasteiger partial charge on any atom is -0.328 e. The number of carbonyl (C=O) groups excluding carboxylic acids is 1. The van der Waals surface area contributed by atoms with Gasteiger partial charge < -0.3 is 5.32 Å². The third-order valence-corrected chi connectivity index (χ3v) is 0.860. The summed E-state index contributed by atoms with van der Waals surface area (Å²) in [5, 5.41) is 2.44. The van der Waals surface area contributed by atoms with Gasteiger partial charge in [0.25, 0.3) is 0 Å². The molecule has 0 atom stereocenters. The van der Waals surface area contributed by atoms with Crippen LogP contribution in [0.2, 0.25) is 0 Å². The predicted molar refractivity (Wildman–Crippen MR) is 33.8 cm³/mol. The lowest BCUT2D eigenvalue weighted by Crippen LogP contribution is -1.91. The number of nitrogens with one attached hydrogen (secondary N) is 1. The molecule has 0 heterocycles. The number of anilines is 1. The molecule has 2 radical (unpaired) electrons. The summed E-state index contributed by atoms with van der Waals surface area (Å²) in [6.45, 7) is 0. The Balaban J connectivity index is 2.72. The van der Waals surface area contributed by atoms with Crippen LogP contribution in [0.1, 0.15) is 0 Å². The maximum absolute atomic E-state index is 9.83. The van der Waals surface area contributed by atoms with Crippen molar-refractivity contribution in [2.24, 2.45) is 0 Å². The van der Waals surface area contributed by atoms with Crippen LogP contribution in [-0.2, 0) is 4.79 Å². The fraction of sp³-hybridized carbons (Fsp3) is 0. The van der Waals surface area contributed by atoms with Gasteiger partial charge in [0, 0.05) is 11.8 Å². The highest BCUT2D eigenvalue weighted by Gasteiger charge is 1.83. The molecule has 9 heavy (non-hydrogen) atoms. The van der Waals surface area contributed by atoms with E-state index >= 15 is 0 Å². The van der Waals surface area contributed by atoms with E-state index in [-0.39, 0.29) is 0 Å². The van der Waals surface area contributed by atoms with Gasteiger partial charge in [0.15, 0.2) is 0 Å². The smallest absolute Gasteiger partial charge is 0.211 e. The number of hydrogen-bond donors (Lipinski definition) is 1. The van der Waals surface area contributed by atoms with E-state index in [1.807, 2.05) is 0 Å². The maximum atomic E-state index is 9.83. The van der Waals surface area contributed by atoms with Crippen LogP contribution in [0.15, 0.2) is 18.2 Å². The van der Waals surface area contributed by atoms with Gasteiger partial charge in [-0.1, -0.05) is 12.1 Å². The summed E-state index contributed by atoms with van der Waals surface area (Å²) in [4.78, 5) is 9.83. The van der Waals surface area contributed by atoms with Crippen molar-refractivity contribution in [3.63, 3.8) is 0 Å². The molecular weight excluding hydrogens is 114 g/mol. The first-order valence-corrected chi connectivity index (χ1v) is 2.51. The number of hydrogen-bond acceptors (Lipinski definition) is 1. The molecule has 1 rings (SSSR count). The molecule has 0 fully saturated rings. The zero-order valence-electron chi connectivity index (χ0n) is 4.72. The standard InChI is InChI=1S/C7H5NO/c9-6-8-7-4-2-1-3-5-7/h1-2,5-6H,(H,8,9). The number of rotatable bonds is 2. The van der Waals surface area contributed by atoms with Crippen molar-refractivity contribution in [1.29, 1.82) is 0 Å². The van der Waals surface area contributed by atoms with Gasteiger partial charge in [-0.2, -0.15) is 0 Å². The summed E-state index contributed by atoms with van der Waals surface area (Å²) >= 11 is 0. The van der Waals surface area contributed by atoms with Gasteiger partial charge in [-0.05, 0) is 12.1 Å². The molecule has 0 spiro atoms. The van der Waals surface area contributed by atoms with Crippen molar-refractivity contribution in [3.8, 4) is 0 Å². The van der Waals surface area contributed by atoms with Crippen molar-refractivity contribution < 1.29 is 4.79 Å².